The summed E-state index contributed by atoms with van der Waals surface area (Å²) in [5.41, 5.74) is 0.828. The molecule has 136 valence electrons. The fourth-order valence-electron chi connectivity index (χ4n) is 3.20. The van der Waals surface area contributed by atoms with Gasteiger partial charge in [-0.25, -0.2) is 9.97 Å². The summed E-state index contributed by atoms with van der Waals surface area (Å²) in [6.45, 7) is 13.1. The molecule has 1 aromatic rings. The zero-order chi connectivity index (χ0) is 17.7. The zero-order valence-electron chi connectivity index (χ0n) is 16.1. The molecule has 2 rings (SSSR count). The fraction of sp³-hybridized carbons (Fsp3) is 0.789. The number of hydrogen-bond donors (Lipinski definition) is 1. The van der Waals surface area contributed by atoms with E-state index in [0.717, 1.165) is 36.9 Å². The Kier molecular flexibility index (Phi) is 6.58. The van der Waals surface area contributed by atoms with Crippen LogP contribution in [-0.4, -0.2) is 36.3 Å². The SMILES string of the molecule is COCc1cc(NCC2CCCOC2C(C)C)nc(C(C)(C)C)n1. The first-order valence-corrected chi connectivity index (χ1v) is 9.04. The average Bonchev–Trinajstić information content (AvgIpc) is 2.52. The highest BCUT2D eigenvalue weighted by Gasteiger charge is 2.28. The molecule has 0 radical (unpaired) electrons. The predicted octanol–water partition coefficient (Wildman–Crippen LogP) is 3.78. The number of hydrogen-bond acceptors (Lipinski definition) is 5. The van der Waals surface area contributed by atoms with Gasteiger partial charge < -0.3 is 14.8 Å². The van der Waals surface area contributed by atoms with Gasteiger partial charge in [0.25, 0.3) is 0 Å². The lowest BCUT2D eigenvalue weighted by Crippen LogP contribution is -2.37. The minimum absolute atomic E-state index is 0.0887. The van der Waals surface area contributed by atoms with Crippen molar-refractivity contribution in [2.75, 3.05) is 25.6 Å². The lowest BCUT2D eigenvalue weighted by Gasteiger charge is -2.34. The van der Waals surface area contributed by atoms with Gasteiger partial charge in [0, 0.05) is 37.7 Å². The number of nitrogens with zero attached hydrogens (tertiary/aromatic N) is 2. The molecule has 2 atom stereocenters. The quantitative estimate of drug-likeness (QED) is 0.857. The average molecular weight is 335 g/mol. The Hall–Kier alpha value is -1.20. The molecule has 0 saturated carbocycles. The molecule has 1 aliphatic heterocycles. The van der Waals surface area contributed by atoms with E-state index in [4.69, 9.17) is 14.5 Å². The summed E-state index contributed by atoms with van der Waals surface area (Å²) in [4.78, 5) is 9.35. The topological polar surface area (TPSA) is 56.3 Å². The minimum Gasteiger partial charge on any atom is -0.378 e. The second-order valence-corrected chi connectivity index (χ2v) is 8.11. The monoisotopic (exact) mass is 335 g/mol. The van der Waals surface area contributed by atoms with Gasteiger partial charge in [0.1, 0.15) is 11.6 Å². The first kappa shape index (κ1) is 19.1. The summed E-state index contributed by atoms with van der Waals surface area (Å²) in [7, 11) is 1.69. The van der Waals surface area contributed by atoms with E-state index in [1.807, 2.05) is 6.07 Å². The van der Waals surface area contributed by atoms with Crippen molar-refractivity contribution in [2.24, 2.45) is 11.8 Å². The van der Waals surface area contributed by atoms with Gasteiger partial charge in [0.2, 0.25) is 0 Å². The highest BCUT2D eigenvalue weighted by Crippen LogP contribution is 2.27. The van der Waals surface area contributed by atoms with Crippen LogP contribution in [0.2, 0.25) is 0 Å². The Morgan fingerprint density at radius 2 is 2.08 bits per heavy atom. The molecule has 24 heavy (non-hydrogen) atoms. The van der Waals surface area contributed by atoms with E-state index in [9.17, 15) is 0 Å². The van der Waals surface area contributed by atoms with Crippen molar-refractivity contribution in [3.63, 3.8) is 0 Å². The highest BCUT2D eigenvalue weighted by atomic mass is 16.5. The summed E-state index contributed by atoms with van der Waals surface area (Å²) >= 11 is 0. The number of rotatable bonds is 6. The molecule has 1 saturated heterocycles. The van der Waals surface area contributed by atoms with Crippen LogP contribution in [0.4, 0.5) is 5.82 Å². The zero-order valence-corrected chi connectivity index (χ0v) is 16.1. The van der Waals surface area contributed by atoms with Gasteiger partial charge in [-0.3, -0.25) is 0 Å². The predicted molar refractivity (Wildman–Crippen MR) is 97.2 cm³/mol. The summed E-state index contributed by atoms with van der Waals surface area (Å²) in [5.74, 6) is 2.80. The van der Waals surface area contributed by atoms with E-state index in [1.165, 1.54) is 6.42 Å². The Labute approximate surface area is 146 Å². The van der Waals surface area contributed by atoms with Crippen molar-refractivity contribution in [1.29, 1.82) is 0 Å². The van der Waals surface area contributed by atoms with Crippen LogP contribution >= 0.6 is 0 Å². The van der Waals surface area contributed by atoms with Gasteiger partial charge in [-0.15, -0.1) is 0 Å². The lowest BCUT2D eigenvalue weighted by molar-refractivity contribution is -0.0481. The van der Waals surface area contributed by atoms with Crippen LogP contribution in [0, 0.1) is 11.8 Å². The Balaban J connectivity index is 2.11. The lowest BCUT2D eigenvalue weighted by atomic mass is 9.87. The summed E-state index contributed by atoms with van der Waals surface area (Å²) in [5, 5.41) is 3.52. The summed E-state index contributed by atoms with van der Waals surface area (Å²) in [6.07, 6.45) is 2.67. The van der Waals surface area contributed by atoms with Crippen LogP contribution in [0.3, 0.4) is 0 Å². The molecule has 0 spiro atoms. The van der Waals surface area contributed by atoms with Gasteiger partial charge >= 0.3 is 0 Å². The van der Waals surface area contributed by atoms with Crippen molar-refractivity contribution < 1.29 is 9.47 Å². The molecule has 1 aliphatic rings. The summed E-state index contributed by atoms with van der Waals surface area (Å²) in [6, 6.07) is 1.99. The Morgan fingerprint density at radius 3 is 2.71 bits per heavy atom. The van der Waals surface area contributed by atoms with Crippen molar-refractivity contribution in [2.45, 2.75) is 65.6 Å². The first-order chi connectivity index (χ1) is 11.3. The molecule has 2 heterocycles. The molecule has 2 unspecified atom stereocenters. The number of methoxy groups -OCH3 is 1. The van der Waals surface area contributed by atoms with Crippen molar-refractivity contribution in [3.05, 3.63) is 17.6 Å². The maximum absolute atomic E-state index is 5.99. The third kappa shape index (κ3) is 5.15. The van der Waals surface area contributed by atoms with E-state index >= 15 is 0 Å². The second-order valence-electron chi connectivity index (χ2n) is 8.11. The van der Waals surface area contributed by atoms with Crippen molar-refractivity contribution >= 4 is 5.82 Å². The van der Waals surface area contributed by atoms with Gasteiger partial charge in [-0.1, -0.05) is 34.6 Å². The smallest absolute Gasteiger partial charge is 0.136 e. The molecule has 1 aromatic heterocycles. The van der Waals surface area contributed by atoms with Crippen LogP contribution in [0.25, 0.3) is 0 Å². The fourth-order valence-corrected chi connectivity index (χ4v) is 3.20. The van der Waals surface area contributed by atoms with E-state index in [0.29, 0.717) is 24.5 Å². The molecule has 0 bridgehead atoms. The molecule has 0 amide bonds. The third-order valence-corrected chi connectivity index (χ3v) is 4.44. The number of anilines is 1. The molecule has 0 aromatic carbocycles. The van der Waals surface area contributed by atoms with Gasteiger partial charge in [-0.05, 0) is 18.8 Å². The van der Waals surface area contributed by atoms with Crippen LogP contribution < -0.4 is 5.32 Å². The van der Waals surface area contributed by atoms with E-state index < -0.39 is 0 Å². The second kappa shape index (κ2) is 8.26. The van der Waals surface area contributed by atoms with Crippen LogP contribution in [-0.2, 0) is 21.5 Å². The number of nitrogens with one attached hydrogen (secondary N) is 1. The minimum atomic E-state index is -0.0887. The third-order valence-electron chi connectivity index (χ3n) is 4.44. The van der Waals surface area contributed by atoms with Crippen LogP contribution in [0.5, 0.6) is 0 Å². The first-order valence-electron chi connectivity index (χ1n) is 9.04. The van der Waals surface area contributed by atoms with Gasteiger partial charge in [0.05, 0.1) is 18.4 Å². The normalized spacial score (nSPS) is 22.0. The maximum atomic E-state index is 5.99. The van der Waals surface area contributed by atoms with Crippen LogP contribution in [0.15, 0.2) is 6.07 Å². The molecular formula is C19H33N3O2. The molecule has 1 fully saturated rings. The molecular weight excluding hydrogens is 302 g/mol. The highest BCUT2D eigenvalue weighted by molar-refractivity contribution is 5.37. The van der Waals surface area contributed by atoms with E-state index in [2.05, 4.69) is 44.9 Å². The van der Waals surface area contributed by atoms with Crippen molar-refractivity contribution in [1.82, 2.24) is 9.97 Å². The van der Waals surface area contributed by atoms with Crippen LogP contribution in [0.1, 0.15) is 59.0 Å². The van der Waals surface area contributed by atoms with Gasteiger partial charge in [-0.2, -0.15) is 0 Å². The molecule has 1 N–H and O–H groups in total. The van der Waals surface area contributed by atoms with E-state index in [1.54, 1.807) is 7.11 Å². The summed E-state index contributed by atoms with van der Waals surface area (Å²) < 4.78 is 11.2. The number of aromatic nitrogens is 2. The molecule has 0 aliphatic carbocycles. The Morgan fingerprint density at radius 1 is 1.33 bits per heavy atom. The Bertz CT molecular complexity index is 526. The largest absolute Gasteiger partial charge is 0.378 e. The molecule has 5 heteroatoms. The van der Waals surface area contributed by atoms with Gasteiger partial charge in [0.15, 0.2) is 0 Å². The maximum Gasteiger partial charge on any atom is 0.136 e. The van der Waals surface area contributed by atoms with E-state index in [-0.39, 0.29) is 5.41 Å². The number of ether oxygens (including phenoxy) is 2. The van der Waals surface area contributed by atoms with Crippen molar-refractivity contribution in [3.8, 4) is 0 Å². The molecule has 5 nitrogen and oxygen atoms in total. The standard InChI is InChI=1S/C19H33N3O2/c1-13(2)17-14(8-7-9-24-17)11-20-16-10-15(12-23-6)21-18(22-16)19(3,4)5/h10,13-14,17H,7-9,11-12H2,1-6H3,(H,20,21,22).